The lowest BCUT2D eigenvalue weighted by Gasteiger charge is -2.25. The van der Waals surface area contributed by atoms with Crippen LogP contribution < -0.4 is 0 Å². The summed E-state index contributed by atoms with van der Waals surface area (Å²) in [6.45, 7) is 8.06. The molecular weight excluding hydrogens is 206 g/mol. The van der Waals surface area contributed by atoms with Gasteiger partial charge in [0.1, 0.15) is 6.04 Å². The number of hydrogen-bond donors (Lipinski definition) is 1. The molecule has 1 fully saturated rings. The number of carbonyl (C=O) groups is 2. The van der Waals surface area contributed by atoms with E-state index in [1.54, 1.807) is 6.08 Å². The van der Waals surface area contributed by atoms with Gasteiger partial charge in [0.15, 0.2) is 0 Å². The maximum atomic E-state index is 11.7. The topological polar surface area (TPSA) is 57.6 Å². The van der Waals surface area contributed by atoms with E-state index in [0.29, 0.717) is 19.4 Å². The quantitative estimate of drug-likeness (QED) is 0.722. The maximum Gasteiger partial charge on any atom is 0.326 e. The Kier molecular flexibility index (Phi) is 4.10. The summed E-state index contributed by atoms with van der Waals surface area (Å²) in [6.07, 6.45) is 2.63. The lowest BCUT2D eigenvalue weighted by molar-refractivity contribution is -0.149. The molecule has 1 saturated heterocycles. The Balaban J connectivity index is 2.75. The number of aliphatic carboxylic acids is 1. The standard InChI is InChI=1S/C12H19NO3/c1-4-9-6-11(14)13(7-9)10(12(15)16)5-8(2)3/h4,8-10H,1,5-7H2,2-3H3,(H,15,16). The molecule has 0 radical (unpaired) electrons. The van der Waals surface area contributed by atoms with Gasteiger partial charge in [-0.05, 0) is 12.3 Å². The van der Waals surface area contributed by atoms with Crippen LogP contribution in [0.15, 0.2) is 12.7 Å². The van der Waals surface area contributed by atoms with Gasteiger partial charge in [-0.2, -0.15) is 0 Å². The van der Waals surface area contributed by atoms with Crippen LogP contribution in [0.1, 0.15) is 26.7 Å². The highest BCUT2D eigenvalue weighted by Gasteiger charge is 2.36. The van der Waals surface area contributed by atoms with Crippen molar-refractivity contribution in [1.82, 2.24) is 4.90 Å². The van der Waals surface area contributed by atoms with E-state index in [2.05, 4.69) is 6.58 Å². The van der Waals surface area contributed by atoms with E-state index in [4.69, 9.17) is 5.11 Å². The summed E-state index contributed by atoms with van der Waals surface area (Å²) in [5.41, 5.74) is 0. The molecule has 0 aromatic carbocycles. The zero-order valence-electron chi connectivity index (χ0n) is 9.85. The third-order valence-electron chi connectivity index (χ3n) is 2.88. The smallest absolute Gasteiger partial charge is 0.326 e. The van der Waals surface area contributed by atoms with E-state index < -0.39 is 12.0 Å². The van der Waals surface area contributed by atoms with Gasteiger partial charge >= 0.3 is 5.97 Å². The fourth-order valence-corrected chi connectivity index (χ4v) is 2.03. The van der Waals surface area contributed by atoms with Gasteiger partial charge in [-0.25, -0.2) is 4.79 Å². The molecule has 1 N–H and O–H groups in total. The second-order valence-corrected chi connectivity index (χ2v) is 4.73. The monoisotopic (exact) mass is 225 g/mol. The third-order valence-corrected chi connectivity index (χ3v) is 2.88. The average molecular weight is 225 g/mol. The van der Waals surface area contributed by atoms with Gasteiger partial charge in [-0.1, -0.05) is 19.9 Å². The molecule has 1 heterocycles. The van der Waals surface area contributed by atoms with Crippen LogP contribution in [0, 0.1) is 11.8 Å². The van der Waals surface area contributed by atoms with Crippen molar-refractivity contribution in [3.63, 3.8) is 0 Å². The van der Waals surface area contributed by atoms with Crippen molar-refractivity contribution in [3.05, 3.63) is 12.7 Å². The Morgan fingerprint density at radius 3 is 2.69 bits per heavy atom. The molecule has 0 aromatic heterocycles. The van der Waals surface area contributed by atoms with Crippen LogP contribution in [0.4, 0.5) is 0 Å². The average Bonchev–Trinajstić information content (AvgIpc) is 2.55. The Labute approximate surface area is 95.9 Å². The van der Waals surface area contributed by atoms with Gasteiger partial charge in [0, 0.05) is 18.9 Å². The first kappa shape index (κ1) is 12.7. The van der Waals surface area contributed by atoms with Crippen LogP contribution in [-0.2, 0) is 9.59 Å². The Bertz CT molecular complexity index is 299. The molecule has 0 saturated carbocycles. The number of amides is 1. The summed E-state index contributed by atoms with van der Waals surface area (Å²) < 4.78 is 0. The van der Waals surface area contributed by atoms with Gasteiger partial charge in [0.2, 0.25) is 5.91 Å². The zero-order valence-corrected chi connectivity index (χ0v) is 9.85. The molecule has 16 heavy (non-hydrogen) atoms. The van der Waals surface area contributed by atoms with Crippen molar-refractivity contribution < 1.29 is 14.7 Å². The van der Waals surface area contributed by atoms with Gasteiger partial charge in [-0.3, -0.25) is 4.79 Å². The number of carboxylic acids is 1. The van der Waals surface area contributed by atoms with E-state index in [1.807, 2.05) is 13.8 Å². The highest BCUT2D eigenvalue weighted by molar-refractivity contribution is 5.85. The van der Waals surface area contributed by atoms with Crippen molar-refractivity contribution in [1.29, 1.82) is 0 Å². The Morgan fingerprint density at radius 1 is 1.69 bits per heavy atom. The molecule has 2 unspecified atom stereocenters. The van der Waals surface area contributed by atoms with Gasteiger partial charge in [0.05, 0.1) is 0 Å². The normalized spacial score (nSPS) is 22.6. The first-order chi connectivity index (χ1) is 7.45. The molecule has 0 aromatic rings. The predicted molar refractivity (Wildman–Crippen MR) is 60.9 cm³/mol. The molecule has 4 nitrogen and oxygen atoms in total. The number of carboxylic acid groups (broad SMARTS) is 1. The number of rotatable bonds is 5. The van der Waals surface area contributed by atoms with E-state index >= 15 is 0 Å². The summed E-state index contributed by atoms with van der Waals surface area (Å²) in [5.74, 6) is -0.622. The van der Waals surface area contributed by atoms with E-state index in [-0.39, 0.29) is 17.7 Å². The molecule has 4 heteroatoms. The van der Waals surface area contributed by atoms with E-state index in [0.717, 1.165) is 0 Å². The van der Waals surface area contributed by atoms with Crippen LogP contribution in [0.3, 0.4) is 0 Å². The number of likely N-dealkylation sites (tertiary alicyclic amines) is 1. The fourth-order valence-electron chi connectivity index (χ4n) is 2.03. The molecule has 1 aliphatic rings. The minimum absolute atomic E-state index is 0.0713. The van der Waals surface area contributed by atoms with Crippen LogP contribution in [0.25, 0.3) is 0 Å². The summed E-state index contributed by atoms with van der Waals surface area (Å²) in [7, 11) is 0. The summed E-state index contributed by atoms with van der Waals surface area (Å²) in [6, 6.07) is -0.683. The fraction of sp³-hybridized carbons (Fsp3) is 0.667. The molecule has 2 atom stereocenters. The van der Waals surface area contributed by atoms with Crippen LogP contribution in [0.5, 0.6) is 0 Å². The molecule has 0 spiro atoms. The first-order valence-corrected chi connectivity index (χ1v) is 5.60. The van der Waals surface area contributed by atoms with Crippen molar-refractivity contribution in [2.24, 2.45) is 11.8 Å². The summed E-state index contributed by atoms with van der Waals surface area (Å²) >= 11 is 0. The van der Waals surface area contributed by atoms with Crippen molar-refractivity contribution in [2.75, 3.05) is 6.54 Å². The zero-order chi connectivity index (χ0) is 12.3. The lowest BCUT2D eigenvalue weighted by atomic mass is 10.0. The highest BCUT2D eigenvalue weighted by Crippen LogP contribution is 2.23. The van der Waals surface area contributed by atoms with Gasteiger partial charge < -0.3 is 10.0 Å². The first-order valence-electron chi connectivity index (χ1n) is 5.60. The number of nitrogens with zero attached hydrogens (tertiary/aromatic N) is 1. The third kappa shape index (κ3) is 2.84. The van der Waals surface area contributed by atoms with E-state index in [9.17, 15) is 9.59 Å². The second-order valence-electron chi connectivity index (χ2n) is 4.73. The number of hydrogen-bond acceptors (Lipinski definition) is 2. The molecular formula is C12H19NO3. The van der Waals surface area contributed by atoms with Crippen LogP contribution >= 0.6 is 0 Å². The Hall–Kier alpha value is -1.32. The lowest BCUT2D eigenvalue weighted by Crippen LogP contribution is -2.43. The molecule has 0 aliphatic carbocycles. The largest absolute Gasteiger partial charge is 0.480 e. The van der Waals surface area contributed by atoms with E-state index in [1.165, 1.54) is 4.90 Å². The van der Waals surface area contributed by atoms with Gasteiger partial charge in [-0.15, -0.1) is 6.58 Å². The minimum Gasteiger partial charge on any atom is -0.480 e. The van der Waals surface area contributed by atoms with Crippen molar-refractivity contribution in [2.45, 2.75) is 32.7 Å². The molecule has 0 bridgehead atoms. The van der Waals surface area contributed by atoms with Crippen molar-refractivity contribution >= 4 is 11.9 Å². The Morgan fingerprint density at radius 2 is 2.31 bits per heavy atom. The summed E-state index contributed by atoms with van der Waals surface area (Å²) in [4.78, 5) is 24.3. The maximum absolute atomic E-state index is 11.7. The second kappa shape index (κ2) is 5.14. The minimum atomic E-state index is -0.910. The number of carbonyl (C=O) groups excluding carboxylic acids is 1. The molecule has 1 amide bonds. The van der Waals surface area contributed by atoms with Crippen LogP contribution in [0.2, 0.25) is 0 Å². The molecule has 1 rings (SSSR count). The SMILES string of the molecule is C=CC1CC(=O)N(C(CC(C)C)C(=O)O)C1. The summed E-state index contributed by atoms with van der Waals surface area (Å²) in [5, 5.41) is 9.14. The van der Waals surface area contributed by atoms with Crippen molar-refractivity contribution in [3.8, 4) is 0 Å². The van der Waals surface area contributed by atoms with Crippen LogP contribution in [-0.4, -0.2) is 34.5 Å². The molecule has 1 aliphatic heterocycles. The van der Waals surface area contributed by atoms with Gasteiger partial charge in [0.25, 0.3) is 0 Å². The highest BCUT2D eigenvalue weighted by atomic mass is 16.4. The predicted octanol–water partition coefficient (Wildman–Crippen LogP) is 1.52. The molecule has 90 valence electrons.